The first-order valence-corrected chi connectivity index (χ1v) is 18.4. The highest BCUT2D eigenvalue weighted by Gasteiger charge is 2.49. The van der Waals surface area contributed by atoms with Gasteiger partial charge in [-0.2, -0.15) is 0 Å². The topological polar surface area (TPSA) is 29.3 Å². The number of nitrogens with two attached hydrogens (primary N) is 1. The second kappa shape index (κ2) is 11.5. The van der Waals surface area contributed by atoms with Crippen molar-refractivity contribution in [1.29, 1.82) is 0 Å². The molecule has 2 heteroatoms. The standard InChI is InChI=1S/C50H40N2/c1-49(2)41-31-30-34(48(51)52-44-29-17-14-26-39(44)47(52)33-18-6-3-7-19-33)32-40(41)45-37-24-12-15-27-42(37)50(35-20-8-4-9-21-35,36-22-10-5-11-23-36)43-28-16-13-25-38(43)46(45)49/h3-32,47-48H,51H2,1-2H3. The predicted octanol–water partition coefficient (Wildman–Crippen LogP) is 11.2. The maximum Gasteiger partial charge on any atom is 0.104 e. The SMILES string of the molecule is CC1(C)C2=C(c3cc(C(N)N4c5ccccc5C4c4ccccc4)ccc31)c1ccccc1C(c1ccccc1)(c1ccccc1)c1ccccc12. The Balaban J connectivity index is 1.22. The molecule has 2 aliphatic carbocycles. The Morgan fingerprint density at radius 2 is 1.06 bits per heavy atom. The van der Waals surface area contributed by atoms with E-state index in [2.05, 4.69) is 201 Å². The van der Waals surface area contributed by atoms with Gasteiger partial charge in [-0.3, -0.25) is 0 Å². The Bertz CT molecular complexity index is 2470. The number of hydrogen-bond donors (Lipinski definition) is 1. The monoisotopic (exact) mass is 668 g/mol. The van der Waals surface area contributed by atoms with Gasteiger partial charge in [-0.05, 0) is 78.9 Å². The number of hydrogen-bond acceptors (Lipinski definition) is 2. The summed E-state index contributed by atoms with van der Waals surface area (Å²) in [5.41, 5.74) is 24.5. The molecule has 52 heavy (non-hydrogen) atoms. The fraction of sp³-hybridized carbons (Fsp3) is 0.120. The summed E-state index contributed by atoms with van der Waals surface area (Å²) in [6, 6.07) is 67.1. The predicted molar refractivity (Wildman–Crippen MR) is 214 cm³/mol. The van der Waals surface area contributed by atoms with E-state index in [1.54, 1.807) is 0 Å². The molecule has 3 aliphatic rings. The Kier molecular flexibility index (Phi) is 6.84. The fourth-order valence-corrected chi connectivity index (χ4v) is 9.82. The van der Waals surface area contributed by atoms with Crippen LogP contribution in [0.2, 0.25) is 0 Å². The molecule has 2 N–H and O–H groups in total. The molecule has 0 amide bonds. The number of para-hydroxylation sites is 1. The van der Waals surface area contributed by atoms with Gasteiger partial charge in [0, 0.05) is 16.7 Å². The van der Waals surface area contributed by atoms with Crippen molar-refractivity contribution in [2.45, 2.75) is 36.9 Å². The highest BCUT2D eigenvalue weighted by molar-refractivity contribution is 6.10. The summed E-state index contributed by atoms with van der Waals surface area (Å²) in [4.78, 5) is 2.40. The average Bonchev–Trinajstić information content (AvgIpc) is 3.34. The lowest BCUT2D eigenvalue weighted by Gasteiger charge is -2.48. The minimum absolute atomic E-state index is 0.106. The molecule has 0 spiro atoms. The molecule has 0 bridgehead atoms. The van der Waals surface area contributed by atoms with Gasteiger partial charge in [0.15, 0.2) is 0 Å². The van der Waals surface area contributed by atoms with Crippen molar-refractivity contribution in [2.24, 2.45) is 5.73 Å². The first-order chi connectivity index (χ1) is 25.5. The summed E-state index contributed by atoms with van der Waals surface area (Å²) in [5, 5.41) is 0. The van der Waals surface area contributed by atoms with Gasteiger partial charge in [0.1, 0.15) is 6.17 Å². The highest BCUT2D eigenvalue weighted by Crippen LogP contribution is 2.61. The van der Waals surface area contributed by atoms with Crippen LogP contribution in [0.5, 0.6) is 0 Å². The third-order valence-corrected chi connectivity index (χ3v) is 12.0. The molecule has 250 valence electrons. The van der Waals surface area contributed by atoms with Gasteiger partial charge >= 0.3 is 0 Å². The maximum absolute atomic E-state index is 7.38. The van der Waals surface area contributed by atoms with Crippen LogP contribution >= 0.6 is 0 Å². The van der Waals surface area contributed by atoms with Crippen molar-refractivity contribution < 1.29 is 0 Å². The lowest BCUT2D eigenvalue weighted by atomic mass is 9.62. The quantitative estimate of drug-likeness (QED) is 0.198. The van der Waals surface area contributed by atoms with E-state index in [0.29, 0.717) is 0 Å². The summed E-state index contributed by atoms with van der Waals surface area (Å²) in [6.07, 6.45) is -0.320. The summed E-state index contributed by atoms with van der Waals surface area (Å²) in [6.45, 7) is 4.81. The van der Waals surface area contributed by atoms with Crippen LogP contribution in [0.4, 0.5) is 5.69 Å². The molecule has 1 heterocycles. The summed E-state index contributed by atoms with van der Waals surface area (Å²) < 4.78 is 0. The van der Waals surface area contributed by atoms with Gasteiger partial charge in [0.05, 0.1) is 11.5 Å². The lowest BCUT2D eigenvalue weighted by molar-refractivity contribution is 0.544. The Hall–Kier alpha value is -5.96. The van der Waals surface area contributed by atoms with E-state index < -0.39 is 5.41 Å². The molecular formula is C50H40N2. The van der Waals surface area contributed by atoms with Crippen LogP contribution in [-0.2, 0) is 10.8 Å². The van der Waals surface area contributed by atoms with E-state index in [4.69, 9.17) is 5.73 Å². The van der Waals surface area contributed by atoms with Crippen LogP contribution in [0.15, 0.2) is 182 Å². The number of anilines is 1. The van der Waals surface area contributed by atoms with Crippen molar-refractivity contribution in [2.75, 3.05) is 4.90 Å². The number of allylic oxidation sites excluding steroid dienone is 1. The third-order valence-electron chi connectivity index (χ3n) is 12.0. The van der Waals surface area contributed by atoms with Crippen molar-refractivity contribution in [3.8, 4) is 0 Å². The largest absolute Gasteiger partial charge is 0.341 e. The van der Waals surface area contributed by atoms with E-state index in [1.165, 1.54) is 72.5 Å². The molecule has 1 aliphatic heterocycles. The fourth-order valence-electron chi connectivity index (χ4n) is 9.82. The molecule has 10 rings (SSSR count). The first kappa shape index (κ1) is 30.8. The summed E-state index contributed by atoms with van der Waals surface area (Å²) >= 11 is 0. The molecule has 2 unspecified atom stereocenters. The van der Waals surface area contributed by atoms with Crippen LogP contribution in [0.25, 0.3) is 11.1 Å². The summed E-state index contributed by atoms with van der Waals surface area (Å²) in [7, 11) is 0. The second-order valence-corrected chi connectivity index (χ2v) is 15.0. The zero-order chi connectivity index (χ0) is 35.0. The number of fused-ring (bicyclic) bond motifs is 7. The molecule has 2 atom stereocenters. The molecule has 7 aromatic carbocycles. The number of benzene rings is 7. The van der Waals surface area contributed by atoms with Crippen LogP contribution < -0.4 is 10.6 Å². The molecule has 0 saturated carbocycles. The van der Waals surface area contributed by atoms with E-state index in [1.807, 2.05) is 0 Å². The number of nitrogens with zero attached hydrogens (tertiary/aromatic N) is 1. The molecule has 0 radical (unpaired) electrons. The van der Waals surface area contributed by atoms with Crippen LogP contribution in [0, 0.1) is 0 Å². The van der Waals surface area contributed by atoms with Crippen molar-refractivity contribution in [3.63, 3.8) is 0 Å². The van der Waals surface area contributed by atoms with E-state index in [-0.39, 0.29) is 17.6 Å². The summed E-state index contributed by atoms with van der Waals surface area (Å²) in [5.74, 6) is 0. The van der Waals surface area contributed by atoms with Crippen molar-refractivity contribution in [3.05, 3.63) is 243 Å². The van der Waals surface area contributed by atoms with Gasteiger partial charge in [-0.1, -0.05) is 184 Å². The Morgan fingerprint density at radius 1 is 0.519 bits per heavy atom. The molecule has 0 saturated heterocycles. The van der Waals surface area contributed by atoms with Gasteiger partial charge in [-0.25, -0.2) is 0 Å². The van der Waals surface area contributed by atoms with Gasteiger partial charge in [0.2, 0.25) is 0 Å². The minimum atomic E-state index is -0.533. The van der Waals surface area contributed by atoms with Crippen molar-refractivity contribution in [1.82, 2.24) is 0 Å². The molecule has 7 aromatic rings. The van der Waals surface area contributed by atoms with Gasteiger partial charge in [0.25, 0.3) is 0 Å². The lowest BCUT2D eigenvalue weighted by Crippen LogP contribution is -2.45. The van der Waals surface area contributed by atoms with E-state index in [0.717, 1.165) is 5.56 Å². The smallest absolute Gasteiger partial charge is 0.104 e. The van der Waals surface area contributed by atoms with Gasteiger partial charge in [-0.15, -0.1) is 0 Å². The minimum Gasteiger partial charge on any atom is -0.341 e. The molecule has 0 aromatic heterocycles. The second-order valence-electron chi connectivity index (χ2n) is 15.0. The zero-order valence-electron chi connectivity index (χ0n) is 29.5. The first-order valence-electron chi connectivity index (χ1n) is 18.4. The molecule has 0 fully saturated rings. The molecule has 2 nitrogen and oxygen atoms in total. The third kappa shape index (κ3) is 4.16. The Labute approximate surface area is 306 Å². The van der Waals surface area contributed by atoms with E-state index >= 15 is 0 Å². The van der Waals surface area contributed by atoms with Crippen LogP contribution in [0.3, 0.4) is 0 Å². The van der Waals surface area contributed by atoms with Crippen LogP contribution in [-0.4, -0.2) is 0 Å². The zero-order valence-corrected chi connectivity index (χ0v) is 29.5. The Morgan fingerprint density at radius 3 is 1.73 bits per heavy atom. The van der Waals surface area contributed by atoms with Crippen LogP contribution in [0.1, 0.15) is 87.3 Å². The molecular weight excluding hydrogens is 629 g/mol. The maximum atomic E-state index is 7.38. The van der Waals surface area contributed by atoms with Crippen molar-refractivity contribution >= 4 is 16.8 Å². The average molecular weight is 669 g/mol. The van der Waals surface area contributed by atoms with Gasteiger partial charge < -0.3 is 10.6 Å². The highest BCUT2D eigenvalue weighted by atomic mass is 15.3. The normalized spacial score (nSPS) is 17.8. The van der Waals surface area contributed by atoms with E-state index in [9.17, 15) is 0 Å². The number of rotatable bonds is 5.